The van der Waals surface area contributed by atoms with Crippen LogP contribution in [-0.2, 0) is 21.8 Å². The predicted molar refractivity (Wildman–Crippen MR) is 158 cm³/mol. The van der Waals surface area contributed by atoms with E-state index in [0.29, 0.717) is 22.1 Å². The van der Waals surface area contributed by atoms with E-state index >= 15 is 0 Å². The number of benzene rings is 1. The van der Waals surface area contributed by atoms with Crippen LogP contribution < -0.4 is 10.2 Å². The number of thiazole rings is 1. The lowest BCUT2D eigenvalue weighted by Gasteiger charge is -2.28. The first kappa shape index (κ1) is 30.2. The van der Waals surface area contributed by atoms with E-state index in [4.69, 9.17) is 5.26 Å². The standard InChI is InChI=1S/C19H16F3N3OS2.C11H16N2O/c20-19(21,22)17-11-14(5-6-23-17)18-24-12-16(27-18)13-1-3-15(4-2-13)25-7-9-28(26)10-8-25;12-8-11(6-7-11)13-10(14)9-4-2-1-3-5-9/h1-6,11-12H,7-10H2;9H,1-7H2,(H,13,14). The van der Waals surface area contributed by atoms with Gasteiger partial charge in [-0.15, -0.1) is 11.3 Å². The first-order valence-electron chi connectivity index (χ1n) is 14.1. The number of nitrogens with zero attached hydrogens (tertiary/aromatic N) is 4. The number of carbonyl (C=O) groups is 1. The van der Waals surface area contributed by atoms with Gasteiger partial charge in [-0.05, 0) is 55.5 Å². The minimum absolute atomic E-state index is 0.115. The largest absolute Gasteiger partial charge is 0.433 e. The second kappa shape index (κ2) is 12.9. The molecule has 6 rings (SSSR count). The summed E-state index contributed by atoms with van der Waals surface area (Å²) in [5.41, 5.74) is 1.03. The van der Waals surface area contributed by atoms with E-state index in [1.165, 1.54) is 23.8 Å². The lowest BCUT2D eigenvalue weighted by atomic mass is 9.88. The van der Waals surface area contributed by atoms with Gasteiger partial charge in [0, 0.05) is 65.0 Å². The summed E-state index contributed by atoms with van der Waals surface area (Å²) in [6.07, 6.45) is 5.62. The Bertz CT molecular complexity index is 1450. The van der Waals surface area contributed by atoms with Gasteiger partial charge >= 0.3 is 6.18 Å². The lowest BCUT2D eigenvalue weighted by Crippen LogP contribution is -2.40. The van der Waals surface area contributed by atoms with Gasteiger partial charge in [0.15, 0.2) is 0 Å². The summed E-state index contributed by atoms with van der Waals surface area (Å²) in [4.78, 5) is 22.5. The quantitative estimate of drug-likeness (QED) is 0.367. The second-order valence-electron chi connectivity index (χ2n) is 10.9. The molecule has 3 aliphatic rings. The zero-order valence-electron chi connectivity index (χ0n) is 23.0. The van der Waals surface area contributed by atoms with E-state index in [1.807, 2.05) is 24.3 Å². The van der Waals surface area contributed by atoms with Gasteiger partial charge in [-0.25, -0.2) is 4.98 Å². The van der Waals surface area contributed by atoms with Gasteiger partial charge in [0.1, 0.15) is 16.2 Å². The van der Waals surface area contributed by atoms with Crippen LogP contribution in [0.25, 0.3) is 21.0 Å². The smallest absolute Gasteiger partial charge is 0.370 e. The molecule has 0 unspecified atom stereocenters. The van der Waals surface area contributed by atoms with Gasteiger partial charge in [-0.1, -0.05) is 31.4 Å². The average Bonchev–Trinajstić information content (AvgIpc) is 3.60. The molecule has 0 spiro atoms. The first-order valence-corrected chi connectivity index (χ1v) is 16.4. The Balaban J connectivity index is 0.000000211. The normalized spacial score (nSPS) is 18.9. The summed E-state index contributed by atoms with van der Waals surface area (Å²) in [7, 11) is -0.715. The third kappa shape index (κ3) is 7.55. The Labute approximate surface area is 249 Å². The summed E-state index contributed by atoms with van der Waals surface area (Å²) >= 11 is 1.34. The van der Waals surface area contributed by atoms with E-state index in [-0.39, 0.29) is 11.8 Å². The molecule has 12 heteroatoms. The molecule has 3 fully saturated rings. The summed E-state index contributed by atoms with van der Waals surface area (Å²) in [5, 5.41) is 12.2. The van der Waals surface area contributed by atoms with Gasteiger partial charge in [-0.2, -0.15) is 18.4 Å². The fraction of sp³-hybridized carbons (Fsp3) is 0.467. The fourth-order valence-electron chi connectivity index (χ4n) is 5.08. The van der Waals surface area contributed by atoms with Gasteiger partial charge < -0.3 is 10.2 Å². The van der Waals surface area contributed by atoms with Crippen LogP contribution in [0.2, 0.25) is 0 Å². The maximum atomic E-state index is 12.9. The Kier molecular flexibility index (Phi) is 9.28. The number of halogens is 3. The molecule has 42 heavy (non-hydrogen) atoms. The SMILES string of the molecule is N#CC1(NC(=O)C2CCCCC2)CC1.O=S1CCN(c2ccc(-c3cnc(-c4ccnc(C(F)(F)F)c4)s3)cc2)CC1. The average molecular weight is 616 g/mol. The van der Waals surface area contributed by atoms with E-state index in [9.17, 15) is 22.2 Å². The van der Waals surface area contributed by atoms with Gasteiger partial charge in [0.25, 0.3) is 0 Å². The maximum Gasteiger partial charge on any atom is 0.433 e. The van der Waals surface area contributed by atoms with Crippen molar-refractivity contribution in [3.8, 4) is 27.1 Å². The third-order valence-corrected chi connectivity index (χ3v) is 10.2. The number of rotatable bonds is 5. The highest BCUT2D eigenvalue weighted by atomic mass is 32.2. The van der Waals surface area contributed by atoms with Crippen molar-refractivity contribution in [2.75, 3.05) is 29.5 Å². The molecule has 3 aromatic rings. The molecular formula is C30H32F3N5O2S2. The molecular weight excluding hydrogens is 583 g/mol. The number of anilines is 1. The number of hydrogen-bond donors (Lipinski definition) is 1. The molecule has 222 valence electrons. The van der Waals surface area contributed by atoms with Gasteiger partial charge in [-0.3, -0.25) is 14.0 Å². The van der Waals surface area contributed by atoms with E-state index in [1.54, 1.807) is 6.20 Å². The van der Waals surface area contributed by atoms with Crippen molar-refractivity contribution >= 4 is 33.7 Å². The molecule has 1 N–H and O–H groups in total. The number of nitrogens with one attached hydrogen (secondary N) is 1. The van der Waals surface area contributed by atoms with Crippen LogP contribution in [0.4, 0.5) is 18.9 Å². The maximum absolute atomic E-state index is 12.9. The van der Waals surface area contributed by atoms with Crippen molar-refractivity contribution < 1.29 is 22.2 Å². The van der Waals surface area contributed by atoms with Crippen LogP contribution in [0.1, 0.15) is 50.6 Å². The van der Waals surface area contributed by atoms with E-state index in [2.05, 4.69) is 26.3 Å². The van der Waals surface area contributed by atoms with Crippen molar-refractivity contribution in [2.24, 2.45) is 5.92 Å². The van der Waals surface area contributed by atoms with Crippen LogP contribution in [0.3, 0.4) is 0 Å². The number of aromatic nitrogens is 2. The Morgan fingerprint density at radius 3 is 2.36 bits per heavy atom. The van der Waals surface area contributed by atoms with Crippen molar-refractivity contribution in [3.63, 3.8) is 0 Å². The molecule has 1 aromatic carbocycles. The molecule has 0 atom stereocenters. The monoisotopic (exact) mass is 615 g/mol. The highest BCUT2D eigenvalue weighted by Gasteiger charge is 2.45. The molecule has 0 bridgehead atoms. The summed E-state index contributed by atoms with van der Waals surface area (Å²) < 4.78 is 50.1. The Hall–Kier alpha value is -3.30. The number of nitriles is 1. The molecule has 2 saturated carbocycles. The summed E-state index contributed by atoms with van der Waals surface area (Å²) in [5.74, 6) is 1.66. The lowest BCUT2D eigenvalue weighted by molar-refractivity contribution is -0.141. The molecule has 7 nitrogen and oxygen atoms in total. The molecule has 0 radical (unpaired) electrons. The van der Waals surface area contributed by atoms with Crippen molar-refractivity contribution in [2.45, 2.75) is 56.7 Å². The van der Waals surface area contributed by atoms with Crippen molar-refractivity contribution in [1.82, 2.24) is 15.3 Å². The summed E-state index contributed by atoms with van der Waals surface area (Å²) in [6.45, 7) is 1.56. The highest BCUT2D eigenvalue weighted by Crippen LogP contribution is 2.36. The molecule has 1 amide bonds. The predicted octanol–water partition coefficient (Wildman–Crippen LogP) is 6.20. The van der Waals surface area contributed by atoms with Gasteiger partial charge in [0.2, 0.25) is 5.91 Å². The highest BCUT2D eigenvalue weighted by molar-refractivity contribution is 7.85. The second-order valence-corrected chi connectivity index (χ2v) is 13.6. The minimum Gasteiger partial charge on any atom is -0.370 e. The van der Waals surface area contributed by atoms with Crippen LogP contribution >= 0.6 is 11.3 Å². The molecule has 2 aliphatic carbocycles. The van der Waals surface area contributed by atoms with Crippen LogP contribution in [0.15, 0.2) is 48.8 Å². The molecule has 1 aliphatic heterocycles. The first-order chi connectivity index (χ1) is 20.2. The topological polar surface area (TPSA) is 99.0 Å². The minimum atomic E-state index is -4.48. The summed E-state index contributed by atoms with van der Waals surface area (Å²) in [6, 6.07) is 12.7. The van der Waals surface area contributed by atoms with E-state index < -0.39 is 28.2 Å². The third-order valence-electron chi connectivity index (χ3n) is 7.80. The van der Waals surface area contributed by atoms with Gasteiger partial charge in [0.05, 0.1) is 10.9 Å². The van der Waals surface area contributed by atoms with Crippen molar-refractivity contribution in [1.29, 1.82) is 5.26 Å². The molecule has 3 heterocycles. The van der Waals surface area contributed by atoms with Crippen molar-refractivity contribution in [3.05, 3.63) is 54.5 Å². The molecule has 1 saturated heterocycles. The Morgan fingerprint density at radius 1 is 1.05 bits per heavy atom. The zero-order chi connectivity index (χ0) is 29.7. The number of alkyl halides is 3. The number of amides is 1. The van der Waals surface area contributed by atoms with Crippen LogP contribution in [0.5, 0.6) is 0 Å². The number of pyridine rings is 1. The number of hydrogen-bond acceptors (Lipinski definition) is 7. The van der Waals surface area contributed by atoms with Crippen LogP contribution in [0, 0.1) is 17.2 Å². The number of carbonyl (C=O) groups excluding carboxylic acids is 1. The Morgan fingerprint density at radius 2 is 1.74 bits per heavy atom. The molecule has 2 aromatic heterocycles. The fourth-order valence-corrected chi connectivity index (χ4v) is 7.05. The van der Waals surface area contributed by atoms with E-state index in [0.717, 1.165) is 80.0 Å². The van der Waals surface area contributed by atoms with Crippen LogP contribution in [-0.4, -0.2) is 50.2 Å². The zero-order valence-corrected chi connectivity index (χ0v) is 24.7.